The SMILES string of the molecule is CCOC(=O)C1=C(C)N=c2s/c(=C\c3ccc(OCc4ccc(Br)cc4)cc3)c(=O)n2[C@@H]1c1ccc(F)cc1. The minimum Gasteiger partial charge on any atom is -0.489 e. The van der Waals surface area contributed by atoms with Gasteiger partial charge in [0.05, 0.1) is 28.5 Å². The van der Waals surface area contributed by atoms with Gasteiger partial charge in [0.25, 0.3) is 5.56 Å². The Morgan fingerprint density at radius 1 is 1.08 bits per heavy atom. The molecule has 1 aromatic heterocycles. The smallest absolute Gasteiger partial charge is 0.338 e. The highest BCUT2D eigenvalue weighted by atomic mass is 79.9. The summed E-state index contributed by atoms with van der Waals surface area (Å²) in [5, 5.41) is 0. The largest absolute Gasteiger partial charge is 0.489 e. The van der Waals surface area contributed by atoms with Crippen LogP contribution in [0.1, 0.15) is 36.6 Å². The van der Waals surface area contributed by atoms with E-state index in [9.17, 15) is 14.0 Å². The number of hydrogen-bond donors (Lipinski definition) is 0. The number of thiazole rings is 1. The summed E-state index contributed by atoms with van der Waals surface area (Å²) in [6.07, 6.45) is 1.79. The number of nitrogens with zero attached hydrogens (tertiary/aromatic N) is 2. The maximum absolute atomic E-state index is 13.7. The molecule has 0 spiro atoms. The minimum atomic E-state index is -0.780. The maximum Gasteiger partial charge on any atom is 0.338 e. The Morgan fingerprint density at radius 2 is 1.77 bits per heavy atom. The van der Waals surface area contributed by atoms with Crippen molar-refractivity contribution in [2.75, 3.05) is 6.61 Å². The quantitative estimate of drug-likeness (QED) is 0.268. The van der Waals surface area contributed by atoms with E-state index in [1.165, 1.54) is 28.0 Å². The first-order valence-electron chi connectivity index (χ1n) is 12.3. The van der Waals surface area contributed by atoms with Crippen LogP contribution in [0.15, 0.2) is 98.3 Å². The Kier molecular flexibility index (Phi) is 7.90. The van der Waals surface area contributed by atoms with Crippen molar-refractivity contribution in [3.8, 4) is 5.75 Å². The molecule has 0 N–H and O–H groups in total. The molecule has 1 atom stereocenters. The fraction of sp³-hybridized carbons (Fsp3) is 0.167. The van der Waals surface area contributed by atoms with Crippen LogP contribution in [0.25, 0.3) is 6.08 Å². The summed E-state index contributed by atoms with van der Waals surface area (Å²) in [5.41, 5.74) is 2.89. The first-order chi connectivity index (χ1) is 18.8. The van der Waals surface area contributed by atoms with Gasteiger partial charge >= 0.3 is 5.97 Å². The highest BCUT2D eigenvalue weighted by Crippen LogP contribution is 2.30. The van der Waals surface area contributed by atoms with Crippen LogP contribution in [0.2, 0.25) is 0 Å². The van der Waals surface area contributed by atoms with E-state index >= 15 is 0 Å². The molecular weight excluding hydrogens is 583 g/mol. The van der Waals surface area contributed by atoms with E-state index < -0.39 is 17.8 Å². The Hall–Kier alpha value is -3.82. The van der Waals surface area contributed by atoms with Gasteiger partial charge in [-0.1, -0.05) is 63.7 Å². The highest BCUT2D eigenvalue weighted by molar-refractivity contribution is 9.10. The van der Waals surface area contributed by atoms with Crippen molar-refractivity contribution >= 4 is 39.3 Å². The Bertz CT molecular complexity index is 1720. The summed E-state index contributed by atoms with van der Waals surface area (Å²) in [4.78, 5) is 31.6. The first-order valence-corrected chi connectivity index (χ1v) is 13.9. The number of carbonyl (C=O) groups is 1. The van der Waals surface area contributed by atoms with Crippen LogP contribution in [-0.4, -0.2) is 17.1 Å². The summed E-state index contributed by atoms with van der Waals surface area (Å²) < 4.78 is 27.8. The van der Waals surface area contributed by atoms with Gasteiger partial charge in [-0.05, 0) is 73.0 Å². The molecule has 9 heteroatoms. The molecule has 5 rings (SSSR count). The van der Waals surface area contributed by atoms with Gasteiger partial charge in [0.2, 0.25) is 0 Å². The van der Waals surface area contributed by atoms with Crippen molar-refractivity contribution in [2.24, 2.45) is 4.99 Å². The van der Waals surface area contributed by atoms with Gasteiger partial charge in [-0.15, -0.1) is 0 Å². The number of allylic oxidation sites excluding steroid dienone is 1. The molecule has 0 aliphatic carbocycles. The molecule has 0 saturated heterocycles. The highest BCUT2D eigenvalue weighted by Gasteiger charge is 2.33. The zero-order valence-corrected chi connectivity index (χ0v) is 23.6. The van der Waals surface area contributed by atoms with E-state index in [0.717, 1.165) is 15.6 Å². The minimum absolute atomic E-state index is 0.180. The molecule has 3 aromatic carbocycles. The third-order valence-corrected chi connectivity index (χ3v) is 7.71. The molecule has 0 fully saturated rings. The second-order valence-electron chi connectivity index (χ2n) is 8.84. The molecule has 0 amide bonds. The lowest BCUT2D eigenvalue weighted by Gasteiger charge is -2.24. The van der Waals surface area contributed by atoms with Crippen LogP contribution < -0.4 is 19.6 Å². The van der Waals surface area contributed by atoms with Gasteiger partial charge in [0, 0.05) is 4.47 Å². The summed E-state index contributed by atoms with van der Waals surface area (Å²) in [6, 6.07) is 20.4. The number of halogens is 2. The van der Waals surface area contributed by atoms with Crippen molar-refractivity contribution in [3.05, 3.63) is 131 Å². The monoisotopic (exact) mass is 606 g/mol. The molecule has 6 nitrogen and oxygen atoms in total. The number of rotatable bonds is 7. The second-order valence-corrected chi connectivity index (χ2v) is 10.8. The maximum atomic E-state index is 13.7. The van der Waals surface area contributed by atoms with Crippen LogP contribution in [0.4, 0.5) is 4.39 Å². The van der Waals surface area contributed by atoms with Gasteiger partial charge in [-0.2, -0.15) is 0 Å². The predicted octanol–water partition coefficient (Wildman–Crippen LogP) is 5.28. The third kappa shape index (κ3) is 5.79. The van der Waals surface area contributed by atoms with Crippen molar-refractivity contribution in [1.82, 2.24) is 4.57 Å². The molecular formula is C30H24BrFN2O4S. The van der Waals surface area contributed by atoms with Crippen LogP contribution in [0, 0.1) is 5.82 Å². The molecule has 4 aromatic rings. The number of esters is 1. The van der Waals surface area contributed by atoms with Crippen LogP contribution in [0.5, 0.6) is 5.75 Å². The molecule has 198 valence electrons. The van der Waals surface area contributed by atoms with E-state index in [1.807, 2.05) is 48.5 Å². The molecule has 39 heavy (non-hydrogen) atoms. The lowest BCUT2D eigenvalue weighted by molar-refractivity contribution is -0.139. The normalized spacial score (nSPS) is 15.1. The number of aromatic nitrogens is 1. The molecule has 2 heterocycles. The van der Waals surface area contributed by atoms with Crippen LogP contribution in [-0.2, 0) is 16.1 Å². The molecule has 0 radical (unpaired) electrons. The standard InChI is InChI=1S/C30H24BrFN2O4S/c1-3-37-29(36)26-18(2)33-30-34(27(26)21-8-12-23(32)13-9-21)28(35)25(39-30)16-19-6-14-24(15-7-19)38-17-20-4-10-22(31)11-5-20/h4-16,27H,3,17H2,1-2H3/b25-16-/t27-/m1/s1. The average Bonchev–Trinajstić information content (AvgIpc) is 3.23. The number of fused-ring (bicyclic) bond motifs is 1. The van der Waals surface area contributed by atoms with Crippen molar-refractivity contribution in [1.29, 1.82) is 0 Å². The molecule has 0 unspecified atom stereocenters. The molecule has 1 aliphatic heterocycles. The van der Waals surface area contributed by atoms with Gasteiger partial charge in [0.1, 0.15) is 18.2 Å². The molecule has 0 bridgehead atoms. The first kappa shape index (κ1) is 26.8. The van der Waals surface area contributed by atoms with Crippen molar-refractivity contribution in [3.63, 3.8) is 0 Å². The Labute approximate surface area is 236 Å². The van der Waals surface area contributed by atoms with Gasteiger partial charge in [0.15, 0.2) is 4.80 Å². The van der Waals surface area contributed by atoms with Crippen LogP contribution >= 0.6 is 27.3 Å². The lowest BCUT2D eigenvalue weighted by atomic mass is 9.96. The van der Waals surface area contributed by atoms with E-state index in [0.29, 0.717) is 33.0 Å². The summed E-state index contributed by atoms with van der Waals surface area (Å²) in [7, 11) is 0. The zero-order valence-electron chi connectivity index (χ0n) is 21.2. The number of hydrogen-bond acceptors (Lipinski definition) is 6. The number of benzene rings is 3. The topological polar surface area (TPSA) is 69.9 Å². The fourth-order valence-corrected chi connectivity index (χ4v) is 5.62. The zero-order chi connectivity index (χ0) is 27.5. The van der Waals surface area contributed by atoms with Crippen LogP contribution in [0.3, 0.4) is 0 Å². The van der Waals surface area contributed by atoms with E-state index in [4.69, 9.17) is 9.47 Å². The van der Waals surface area contributed by atoms with Gasteiger partial charge in [-0.25, -0.2) is 14.2 Å². The number of carbonyl (C=O) groups excluding carboxylic acids is 1. The summed E-state index contributed by atoms with van der Waals surface area (Å²) in [6.45, 7) is 4.05. The second kappa shape index (κ2) is 11.5. The Morgan fingerprint density at radius 3 is 2.44 bits per heavy atom. The van der Waals surface area contributed by atoms with E-state index in [-0.39, 0.29) is 17.7 Å². The molecule has 0 saturated carbocycles. The fourth-order valence-electron chi connectivity index (χ4n) is 4.31. The average molecular weight is 608 g/mol. The van der Waals surface area contributed by atoms with E-state index in [1.54, 1.807) is 32.1 Å². The number of ether oxygens (including phenoxy) is 2. The summed E-state index contributed by atoms with van der Waals surface area (Å²) in [5.74, 6) is -0.252. The van der Waals surface area contributed by atoms with Gasteiger partial charge < -0.3 is 9.47 Å². The van der Waals surface area contributed by atoms with Crippen molar-refractivity contribution < 1.29 is 18.7 Å². The van der Waals surface area contributed by atoms with Crippen molar-refractivity contribution in [2.45, 2.75) is 26.5 Å². The predicted molar refractivity (Wildman–Crippen MR) is 152 cm³/mol. The van der Waals surface area contributed by atoms with Gasteiger partial charge in [-0.3, -0.25) is 9.36 Å². The summed E-state index contributed by atoms with van der Waals surface area (Å²) >= 11 is 4.66. The lowest BCUT2D eigenvalue weighted by Crippen LogP contribution is -2.39. The third-order valence-electron chi connectivity index (χ3n) is 6.20. The Balaban J connectivity index is 1.48. The van der Waals surface area contributed by atoms with E-state index in [2.05, 4.69) is 20.9 Å². The molecule has 1 aliphatic rings.